The van der Waals surface area contributed by atoms with E-state index < -0.39 is 0 Å². The number of benzene rings is 1. The van der Waals surface area contributed by atoms with E-state index in [4.69, 9.17) is 16.3 Å². The van der Waals surface area contributed by atoms with Gasteiger partial charge in [-0.2, -0.15) is 0 Å². The Morgan fingerprint density at radius 1 is 1.60 bits per heavy atom. The molecule has 2 unspecified atom stereocenters. The Bertz CT molecular complexity index is 447. The van der Waals surface area contributed by atoms with Gasteiger partial charge in [-0.05, 0) is 37.1 Å². The summed E-state index contributed by atoms with van der Waals surface area (Å²) in [4.78, 5) is 11.9. The van der Waals surface area contributed by atoms with Gasteiger partial charge in [-0.1, -0.05) is 23.7 Å². The van der Waals surface area contributed by atoms with E-state index in [0.717, 1.165) is 24.9 Å². The number of halogens is 1. The number of rotatable bonds is 6. The molecule has 5 heteroatoms. The van der Waals surface area contributed by atoms with Gasteiger partial charge in [0.05, 0.1) is 6.10 Å². The fraction of sp³-hybridized carbons (Fsp3) is 0.533. The van der Waals surface area contributed by atoms with Crippen LogP contribution in [0.1, 0.15) is 30.9 Å². The van der Waals surface area contributed by atoms with Crippen LogP contribution in [-0.2, 0) is 9.53 Å². The van der Waals surface area contributed by atoms with Gasteiger partial charge in [-0.15, -0.1) is 0 Å². The first-order valence-electron chi connectivity index (χ1n) is 6.97. The molecule has 2 N–H and O–H groups in total. The van der Waals surface area contributed by atoms with E-state index in [1.807, 2.05) is 24.3 Å². The second-order valence-corrected chi connectivity index (χ2v) is 5.52. The molecule has 1 aromatic carbocycles. The molecule has 1 aromatic rings. The molecule has 1 amide bonds. The lowest BCUT2D eigenvalue weighted by Crippen LogP contribution is -2.34. The maximum absolute atomic E-state index is 11.9. The number of hydrogen-bond acceptors (Lipinski definition) is 3. The van der Waals surface area contributed by atoms with Crippen LogP contribution in [0.2, 0.25) is 5.02 Å². The summed E-state index contributed by atoms with van der Waals surface area (Å²) in [6, 6.07) is 7.84. The number of carbonyl (C=O) groups excluding carboxylic acids is 1. The van der Waals surface area contributed by atoms with Crippen molar-refractivity contribution < 1.29 is 9.53 Å². The van der Waals surface area contributed by atoms with Crippen LogP contribution in [0, 0.1) is 0 Å². The zero-order valence-corrected chi connectivity index (χ0v) is 12.5. The summed E-state index contributed by atoms with van der Waals surface area (Å²) in [6.45, 7) is 1.48. The van der Waals surface area contributed by atoms with Crippen molar-refractivity contribution in [1.29, 1.82) is 0 Å². The van der Waals surface area contributed by atoms with Crippen molar-refractivity contribution in [3.8, 4) is 0 Å². The lowest BCUT2D eigenvalue weighted by Gasteiger charge is -2.17. The molecule has 0 bridgehead atoms. The standard InChI is InChI=1S/C15H21ClN2O2/c1-20-14(11-4-2-5-12(16)8-11)10-18-15(19)9-13-6-3-7-17-13/h2,4-5,8,13-14,17H,3,6-7,9-10H2,1H3,(H,18,19). The minimum absolute atomic E-state index is 0.0634. The average molecular weight is 297 g/mol. The first kappa shape index (κ1) is 15.3. The molecule has 1 heterocycles. The summed E-state index contributed by atoms with van der Waals surface area (Å²) < 4.78 is 5.42. The molecule has 4 nitrogen and oxygen atoms in total. The highest BCUT2D eigenvalue weighted by Gasteiger charge is 2.18. The molecule has 20 heavy (non-hydrogen) atoms. The van der Waals surface area contributed by atoms with Gasteiger partial charge < -0.3 is 15.4 Å². The van der Waals surface area contributed by atoms with Crippen LogP contribution in [0.3, 0.4) is 0 Å². The molecule has 1 saturated heterocycles. The Labute approximate surface area is 124 Å². The van der Waals surface area contributed by atoms with E-state index >= 15 is 0 Å². The van der Waals surface area contributed by atoms with Gasteiger partial charge in [0, 0.05) is 31.1 Å². The Morgan fingerprint density at radius 3 is 3.10 bits per heavy atom. The number of methoxy groups -OCH3 is 1. The minimum Gasteiger partial charge on any atom is -0.375 e. The summed E-state index contributed by atoms with van der Waals surface area (Å²) in [5.74, 6) is 0.0634. The second-order valence-electron chi connectivity index (χ2n) is 5.08. The van der Waals surface area contributed by atoms with Crippen molar-refractivity contribution in [2.24, 2.45) is 0 Å². The smallest absolute Gasteiger partial charge is 0.221 e. The number of nitrogens with one attached hydrogen (secondary N) is 2. The molecule has 0 aliphatic carbocycles. The minimum atomic E-state index is -0.172. The van der Waals surface area contributed by atoms with E-state index in [1.165, 1.54) is 0 Å². The first-order valence-corrected chi connectivity index (χ1v) is 7.35. The molecular weight excluding hydrogens is 276 g/mol. The van der Waals surface area contributed by atoms with Crippen LogP contribution < -0.4 is 10.6 Å². The second kappa shape index (κ2) is 7.62. The van der Waals surface area contributed by atoms with Gasteiger partial charge in [-0.3, -0.25) is 4.79 Å². The monoisotopic (exact) mass is 296 g/mol. The normalized spacial score (nSPS) is 19.8. The SMILES string of the molecule is COC(CNC(=O)CC1CCCN1)c1cccc(Cl)c1. The molecule has 0 radical (unpaired) electrons. The third kappa shape index (κ3) is 4.47. The largest absolute Gasteiger partial charge is 0.375 e. The highest BCUT2D eigenvalue weighted by atomic mass is 35.5. The summed E-state index contributed by atoms with van der Waals surface area (Å²) in [5.41, 5.74) is 0.972. The van der Waals surface area contributed by atoms with Crippen molar-refractivity contribution in [1.82, 2.24) is 10.6 Å². The highest BCUT2D eigenvalue weighted by Crippen LogP contribution is 2.19. The number of amides is 1. The number of ether oxygens (including phenoxy) is 1. The van der Waals surface area contributed by atoms with E-state index in [-0.39, 0.29) is 12.0 Å². The summed E-state index contributed by atoms with van der Waals surface area (Å²) in [6.07, 6.45) is 2.59. The van der Waals surface area contributed by atoms with Crippen LogP contribution >= 0.6 is 11.6 Å². The lowest BCUT2D eigenvalue weighted by atomic mass is 10.1. The van der Waals surface area contributed by atoms with E-state index in [0.29, 0.717) is 24.0 Å². The van der Waals surface area contributed by atoms with Crippen molar-refractivity contribution in [3.05, 3.63) is 34.9 Å². The van der Waals surface area contributed by atoms with Crippen LogP contribution in [0.25, 0.3) is 0 Å². The molecule has 0 saturated carbocycles. The fourth-order valence-electron chi connectivity index (χ4n) is 2.48. The van der Waals surface area contributed by atoms with Crippen molar-refractivity contribution in [2.75, 3.05) is 20.2 Å². The number of carbonyl (C=O) groups is 1. The Morgan fingerprint density at radius 2 is 2.45 bits per heavy atom. The predicted molar refractivity (Wildman–Crippen MR) is 79.9 cm³/mol. The molecular formula is C15H21ClN2O2. The van der Waals surface area contributed by atoms with E-state index in [2.05, 4.69) is 10.6 Å². The van der Waals surface area contributed by atoms with Gasteiger partial charge in [0.2, 0.25) is 5.91 Å². The van der Waals surface area contributed by atoms with Gasteiger partial charge in [0.1, 0.15) is 0 Å². The van der Waals surface area contributed by atoms with Crippen molar-refractivity contribution in [2.45, 2.75) is 31.4 Å². The van der Waals surface area contributed by atoms with Crippen molar-refractivity contribution in [3.63, 3.8) is 0 Å². The maximum atomic E-state index is 11.9. The van der Waals surface area contributed by atoms with E-state index in [1.54, 1.807) is 7.11 Å². The molecule has 0 aromatic heterocycles. The highest BCUT2D eigenvalue weighted by molar-refractivity contribution is 6.30. The predicted octanol–water partition coefficient (Wildman–Crippen LogP) is 2.29. The zero-order chi connectivity index (χ0) is 14.4. The third-order valence-electron chi connectivity index (χ3n) is 3.58. The topological polar surface area (TPSA) is 50.4 Å². The van der Waals surface area contributed by atoms with Gasteiger partial charge >= 0.3 is 0 Å². The lowest BCUT2D eigenvalue weighted by molar-refractivity contribution is -0.122. The Balaban J connectivity index is 1.82. The zero-order valence-electron chi connectivity index (χ0n) is 11.7. The molecule has 1 aliphatic heterocycles. The molecule has 1 fully saturated rings. The third-order valence-corrected chi connectivity index (χ3v) is 3.82. The molecule has 0 spiro atoms. The molecule has 110 valence electrons. The molecule has 2 rings (SSSR count). The van der Waals surface area contributed by atoms with Crippen molar-refractivity contribution >= 4 is 17.5 Å². The van der Waals surface area contributed by atoms with Crippen LogP contribution in [0.5, 0.6) is 0 Å². The fourth-order valence-corrected chi connectivity index (χ4v) is 2.68. The van der Waals surface area contributed by atoms with Gasteiger partial charge in [0.15, 0.2) is 0 Å². The number of hydrogen-bond donors (Lipinski definition) is 2. The molecule has 2 atom stereocenters. The quantitative estimate of drug-likeness (QED) is 0.847. The Kier molecular flexibility index (Phi) is 5.83. The average Bonchev–Trinajstić information content (AvgIpc) is 2.92. The maximum Gasteiger partial charge on any atom is 0.221 e. The first-order chi connectivity index (χ1) is 9.69. The Hall–Kier alpha value is -1.10. The van der Waals surface area contributed by atoms with E-state index in [9.17, 15) is 4.79 Å². The molecule has 1 aliphatic rings. The van der Waals surface area contributed by atoms with Gasteiger partial charge in [0.25, 0.3) is 0 Å². The summed E-state index contributed by atoms with van der Waals surface area (Å²) >= 11 is 5.97. The summed E-state index contributed by atoms with van der Waals surface area (Å²) in [5, 5.41) is 6.92. The van der Waals surface area contributed by atoms with Crippen LogP contribution in [0.4, 0.5) is 0 Å². The van der Waals surface area contributed by atoms with Crippen LogP contribution in [0.15, 0.2) is 24.3 Å². The van der Waals surface area contributed by atoms with Crippen LogP contribution in [-0.4, -0.2) is 32.1 Å². The van der Waals surface area contributed by atoms with Gasteiger partial charge in [-0.25, -0.2) is 0 Å². The summed E-state index contributed by atoms with van der Waals surface area (Å²) in [7, 11) is 1.64.